The molecule has 1 aromatic rings. The fraction of sp³-hybridized carbons (Fsp3) is 0.533. The van der Waals surface area contributed by atoms with Gasteiger partial charge >= 0.3 is 0 Å². The van der Waals surface area contributed by atoms with Gasteiger partial charge in [-0.25, -0.2) is 5.48 Å². The third kappa shape index (κ3) is 5.59. The van der Waals surface area contributed by atoms with Gasteiger partial charge in [-0.2, -0.15) is 0 Å². The van der Waals surface area contributed by atoms with Crippen LogP contribution in [0.3, 0.4) is 0 Å². The first-order valence-corrected chi connectivity index (χ1v) is 7.15. The minimum absolute atomic E-state index is 0.151. The Balaban J connectivity index is 1.48. The summed E-state index contributed by atoms with van der Waals surface area (Å²) in [6, 6.07) is 9.45. The third-order valence-electron chi connectivity index (χ3n) is 3.24. The molecule has 5 heteroatoms. The molecule has 0 radical (unpaired) electrons. The van der Waals surface area contributed by atoms with E-state index in [1.54, 1.807) is 0 Å². The van der Waals surface area contributed by atoms with Crippen molar-refractivity contribution in [3.05, 3.63) is 30.3 Å². The number of rotatable bonds is 8. The largest absolute Gasteiger partial charge is 0.493 e. The molecule has 0 saturated carbocycles. The summed E-state index contributed by atoms with van der Waals surface area (Å²) in [4.78, 5) is 19.0. The number of hydrogen-bond donors (Lipinski definition) is 1. The van der Waals surface area contributed by atoms with Crippen LogP contribution in [0.15, 0.2) is 30.3 Å². The molecule has 1 amide bonds. The maximum atomic E-state index is 11.5. The van der Waals surface area contributed by atoms with Gasteiger partial charge in [0.2, 0.25) is 5.91 Å². The lowest BCUT2D eigenvalue weighted by atomic mass is 10.3. The van der Waals surface area contributed by atoms with Gasteiger partial charge < -0.3 is 9.64 Å². The Kier molecular flexibility index (Phi) is 6.34. The second-order valence-corrected chi connectivity index (χ2v) is 4.83. The normalized spacial score (nSPS) is 15.2. The number of hydrogen-bond acceptors (Lipinski definition) is 4. The number of nitrogens with zero attached hydrogens (tertiary/aromatic N) is 1. The number of likely N-dealkylation sites (tertiary alicyclic amines) is 1. The monoisotopic (exact) mass is 278 g/mol. The highest BCUT2D eigenvalue weighted by Crippen LogP contribution is 2.08. The first-order chi connectivity index (χ1) is 9.84. The second-order valence-electron chi connectivity index (χ2n) is 4.83. The van der Waals surface area contributed by atoms with Crippen molar-refractivity contribution in [2.45, 2.75) is 19.3 Å². The van der Waals surface area contributed by atoms with Crippen LogP contribution in [0.25, 0.3) is 0 Å². The van der Waals surface area contributed by atoms with E-state index in [-0.39, 0.29) is 5.91 Å². The van der Waals surface area contributed by atoms with Gasteiger partial charge in [-0.15, -0.1) is 0 Å². The van der Waals surface area contributed by atoms with Crippen LogP contribution < -0.4 is 10.2 Å². The van der Waals surface area contributed by atoms with E-state index in [0.29, 0.717) is 19.6 Å². The Hall–Kier alpha value is -1.59. The molecular formula is C15H22N2O3. The summed E-state index contributed by atoms with van der Waals surface area (Å²) in [6.07, 6.45) is 2.82. The smallest absolute Gasteiger partial charge is 0.246 e. The Morgan fingerprint density at radius 1 is 1.15 bits per heavy atom. The highest BCUT2D eigenvalue weighted by Gasteiger charge is 2.10. The van der Waals surface area contributed by atoms with Gasteiger partial charge in [0.05, 0.1) is 19.6 Å². The van der Waals surface area contributed by atoms with Crippen LogP contribution in [0.2, 0.25) is 0 Å². The fourth-order valence-corrected chi connectivity index (χ4v) is 2.14. The zero-order valence-corrected chi connectivity index (χ0v) is 11.7. The number of ether oxygens (including phenoxy) is 1. The van der Waals surface area contributed by atoms with Crippen LogP contribution in [0.1, 0.15) is 19.3 Å². The molecule has 1 aromatic carbocycles. The van der Waals surface area contributed by atoms with Crippen molar-refractivity contribution in [1.82, 2.24) is 10.4 Å². The summed E-state index contributed by atoms with van der Waals surface area (Å²) in [7, 11) is 0. The third-order valence-corrected chi connectivity index (χ3v) is 3.24. The SMILES string of the molecule is O=C(CCOc1ccccc1)NOCCN1CCCC1. The zero-order chi connectivity index (χ0) is 14.0. The van der Waals surface area contributed by atoms with Crippen molar-refractivity contribution >= 4 is 5.91 Å². The molecule has 0 atom stereocenters. The molecular weight excluding hydrogens is 256 g/mol. The van der Waals surface area contributed by atoms with Crippen LogP contribution in [-0.4, -0.2) is 43.7 Å². The molecule has 2 rings (SSSR count). The summed E-state index contributed by atoms with van der Waals surface area (Å²) in [5, 5.41) is 0. The Morgan fingerprint density at radius 2 is 1.90 bits per heavy atom. The van der Waals surface area contributed by atoms with Gasteiger partial charge in [-0.1, -0.05) is 18.2 Å². The van der Waals surface area contributed by atoms with Crippen molar-refractivity contribution in [1.29, 1.82) is 0 Å². The van der Waals surface area contributed by atoms with Gasteiger partial charge in [-0.05, 0) is 38.1 Å². The highest BCUT2D eigenvalue weighted by molar-refractivity contribution is 5.74. The molecule has 0 bridgehead atoms. The van der Waals surface area contributed by atoms with Crippen molar-refractivity contribution in [3.63, 3.8) is 0 Å². The number of carbonyl (C=O) groups excluding carboxylic acids is 1. The molecule has 1 heterocycles. The van der Waals surface area contributed by atoms with Crippen molar-refractivity contribution < 1.29 is 14.4 Å². The summed E-state index contributed by atoms with van der Waals surface area (Å²) in [6.45, 7) is 4.04. The van der Waals surface area contributed by atoms with Gasteiger partial charge in [0.1, 0.15) is 5.75 Å². The molecule has 1 saturated heterocycles. The predicted octanol–water partition coefficient (Wildman–Crippen LogP) is 1.60. The number of carbonyl (C=O) groups is 1. The van der Waals surface area contributed by atoms with Crippen molar-refractivity contribution in [2.24, 2.45) is 0 Å². The predicted molar refractivity (Wildman–Crippen MR) is 76.3 cm³/mol. The number of benzene rings is 1. The van der Waals surface area contributed by atoms with Crippen molar-refractivity contribution in [3.8, 4) is 5.75 Å². The lowest BCUT2D eigenvalue weighted by Gasteiger charge is -2.14. The van der Waals surface area contributed by atoms with Gasteiger partial charge in [0.25, 0.3) is 0 Å². The number of nitrogens with one attached hydrogen (secondary N) is 1. The molecule has 0 aliphatic carbocycles. The maximum Gasteiger partial charge on any atom is 0.246 e. The van der Waals surface area contributed by atoms with Crippen LogP contribution in [0, 0.1) is 0 Å². The van der Waals surface area contributed by atoms with E-state index in [4.69, 9.17) is 9.57 Å². The molecule has 5 nitrogen and oxygen atoms in total. The molecule has 110 valence electrons. The summed E-state index contributed by atoms with van der Waals surface area (Å²) in [5.41, 5.74) is 2.45. The molecule has 0 unspecified atom stereocenters. The van der Waals surface area contributed by atoms with E-state index in [1.165, 1.54) is 12.8 Å². The first kappa shape index (κ1) is 14.8. The summed E-state index contributed by atoms with van der Waals surface area (Å²) in [5.74, 6) is 0.623. The van der Waals surface area contributed by atoms with E-state index < -0.39 is 0 Å². The minimum Gasteiger partial charge on any atom is -0.493 e. The molecule has 1 N–H and O–H groups in total. The van der Waals surface area contributed by atoms with Crippen LogP contribution in [-0.2, 0) is 9.63 Å². The van der Waals surface area contributed by atoms with Crippen LogP contribution in [0.5, 0.6) is 5.75 Å². The number of para-hydroxylation sites is 1. The Morgan fingerprint density at radius 3 is 2.65 bits per heavy atom. The summed E-state index contributed by atoms with van der Waals surface area (Å²) >= 11 is 0. The average molecular weight is 278 g/mol. The van der Waals surface area contributed by atoms with E-state index in [9.17, 15) is 4.79 Å². The quantitative estimate of drug-likeness (QED) is 0.579. The standard InChI is InChI=1S/C15H22N2O3/c18-15(8-12-19-14-6-2-1-3-7-14)16-20-13-11-17-9-4-5-10-17/h1-3,6-7H,4-5,8-13H2,(H,16,18). The number of hydroxylamine groups is 1. The average Bonchev–Trinajstić information content (AvgIpc) is 2.98. The molecule has 1 aliphatic heterocycles. The molecule has 0 spiro atoms. The van der Waals surface area contributed by atoms with Gasteiger partial charge in [0.15, 0.2) is 0 Å². The van der Waals surface area contributed by atoms with E-state index in [2.05, 4.69) is 10.4 Å². The highest BCUT2D eigenvalue weighted by atomic mass is 16.7. The topological polar surface area (TPSA) is 50.8 Å². The first-order valence-electron chi connectivity index (χ1n) is 7.15. The van der Waals surface area contributed by atoms with Gasteiger partial charge in [-0.3, -0.25) is 9.63 Å². The Labute approximate surface area is 119 Å². The van der Waals surface area contributed by atoms with Crippen LogP contribution >= 0.6 is 0 Å². The van der Waals surface area contributed by atoms with Crippen molar-refractivity contribution in [2.75, 3.05) is 32.8 Å². The molecule has 0 aromatic heterocycles. The minimum atomic E-state index is -0.151. The molecule has 20 heavy (non-hydrogen) atoms. The molecule has 1 fully saturated rings. The zero-order valence-electron chi connectivity index (χ0n) is 11.7. The number of amides is 1. The van der Waals surface area contributed by atoms with E-state index in [0.717, 1.165) is 25.4 Å². The molecule has 1 aliphatic rings. The fourth-order valence-electron chi connectivity index (χ4n) is 2.14. The van der Waals surface area contributed by atoms with E-state index >= 15 is 0 Å². The van der Waals surface area contributed by atoms with E-state index in [1.807, 2.05) is 30.3 Å². The van der Waals surface area contributed by atoms with Gasteiger partial charge in [0, 0.05) is 6.54 Å². The second kappa shape index (κ2) is 8.55. The lowest BCUT2D eigenvalue weighted by Crippen LogP contribution is -2.30. The van der Waals surface area contributed by atoms with Crippen LogP contribution in [0.4, 0.5) is 0 Å². The Bertz CT molecular complexity index is 391. The lowest BCUT2D eigenvalue weighted by molar-refractivity contribution is -0.134. The maximum absolute atomic E-state index is 11.5. The summed E-state index contributed by atoms with van der Waals surface area (Å²) < 4.78 is 5.44.